The molecular weight excluding hydrogens is 216 g/mol. The molecule has 2 bridgehead atoms. The number of carbonyl (C=O) groups is 1. The van der Waals surface area contributed by atoms with E-state index in [-0.39, 0.29) is 12.2 Å². The molecule has 3 nitrogen and oxygen atoms in total. The number of carbonyl (C=O) groups excluding carboxylic acids is 1. The summed E-state index contributed by atoms with van der Waals surface area (Å²) in [4.78, 5) is 11.8. The molecule has 1 aromatic rings. The predicted molar refractivity (Wildman–Crippen MR) is 62.4 cm³/mol. The first kappa shape index (κ1) is 10.7. The van der Waals surface area contributed by atoms with Crippen LogP contribution in [-0.4, -0.2) is 23.1 Å². The fourth-order valence-corrected chi connectivity index (χ4v) is 2.62. The molecule has 2 heterocycles. The van der Waals surface area contributed by atoms with Gasteiger partial charge in [-0.25, -0.2) is 0 Å². The first-order valence-corrected chi connectivity index (χ1v) is 5.82. The van der Waals surface area contributed by atoms with Crippen molar-refractivity contribution in [2.45, 2.75) is 30.7 Å². The Bertz CT molecular complexity index is 466. The van der Waals surface area contributed by atoms with Gasteiger partial charge >= 0.3 is 0 Å². The highest BCUT2D eigenvalue weighted by Crippen LogP contribution is 2.42. The van der Waals surface area contributed by atoms with E-state index in [4.69, 9.17) is 4.74 Å². The van der Waals surface area contributed by atoms with Crippen LogP contribution in [-0.2, 0) is 15.1 Å². The molecule has 0 aliphatic carbocycles. The molecule has 0 saturated carbocycles. The Balaban J connectivity index is 2.03. The van der Waals surface area contributed by atoms with Gasteiger partial charge in [0, 0.05) is 6.42 Å². The molecule has 0 aromatic heterocycles. The van der Waals surface area contributed by atoms with Gasteiger partial charge in [-0.1, -0.05) is 42.5 Å². The zero-order valence-electron chi connectivity index (χ0n) is 9.37. The first-order valence-electron chi connectivity index (χ1n) is 5.82. The predicted octanol–water partition coefficient (Wildman–Crippen LogP) is 1.56. The summed E-state index contributed by atoms with van der Waals surface area (Å²) < 4.78 is 5.92. The van der Waals surface area contributed by atoms with Crippen LogP contribution in [0.4, 0.5) is 0 Å². The van der Waals surface area contributed by atoms with Crippen LogP contribution in [0, 0.1) is 0 Å². The highest BCUT2D eigenvalue weighted by Gasteiger charge is 2.47. The van der Waals surface area contributed by atoms with Crippen LogP contribution in [0.1, 0.15) is 18.4 Å². The normalized spacial score (nSPS) is 35.9. The summed E-state index contributed by atoms with van der Waals surface area (Å²) in [5, 5.41) is 9.72. The Labute approximate surface area is 99.7 Å². The lowest BCUT2D eigenvalue weighted by molar-refractivity contribution is -0.179. The number of ether oxygens (including phenoxy) is 1. The standard InChI is InChI=1S/C14H14O3/c15-11-9-14(10-5-2-1-3-6-10)8-4-7-12(17-14)13(11)16/h1-7,12-13,16H,8-9H2/t12-,13+,14-/m1/s1. The average Bonchev–Trinajstić information content (AvgIpc) is 2.38. The van der Waals surface area contributed by atoms with E-state index >= 15 is 0 Å². The summed E-state index contributed by atoms with van der Waals surface area (Å²) in [7, 11) is 0. The molecule has 0 radical (unpaired) electrons. The van der Waals surface area contributed by atoms with E-state index < -0.39 is 17.8 Å². The molecule has 17 heavy (non-hydrogen) atoms. The van der Waals surface area contributed by atoms with Gasteiger partial charge in [0.2, 0.25) is 0 Å². The molecular formula is C14H14O3. The summed E-state index contributed by atoms with van der Waals surface area (Å²) in [5.41, 5.74) is 0.436. The molecule has 0 spiro atoms. The maximum atomic E-state index is 11.8. The van der Waals surface area contributed by atoms with Crippen LogP contribution in [0.15, 0.2) is 42.5 Å². The SMILES string of the molecule is O=C1C[C@@]2(c3ccccc3)CC=C[C@@H](O2)[C@H]1O. The molecule has 1 saturated heterocycles. The van der Waals surface area contributed by atoms with Crippen LogP contribution in [0.5, 0.6) is 0 Å². The third-order valence-electron chi connectivity index (χ3n) is 3.54. The molecule has 0 amide bonds. The van der Waals surface area contributed by atoms with E-state index in [0.29, 0.717) is 6.42 Å². The number of aliphatic hydroxyl groups is 1. The van der Waals surface area contributed by atoms with E-state index in [1.165, 1.54) is 0 Å². The zero-order valence-corrected chi connectivity index (χ0v) is 9.37. The van der Waals surface area contributed by atoms with Crippen LogP contribution >= 0.6 is 0 Å². The van der Waals surface area contributed by atoms with Gasteiger partial charge in [-0.15, -0.1) is 0 Å². The van der Waals surface area contributed by atoms with Crippen molar-refractivity contribution in [3.63, 3.8) is 0 Å². The second-order valence-corrected chi connectivity index (χ2v) is 4.66. The Morgan fingerprint density at radius 3 is 2.82 bits per heavy atom. The van der Waals surface area contributed by atoms with Gasteiger partial charge in [0.15, 0.2) is 5.78 Å². The largest absolute Gasteiger partial charge is 0.382 e. The number of fused-ring (bicyclic) bond motifs is 2. The van der Waals surface area contributed by atoms with Gasteiger partial charge in [-0.05, 0) is 12.0 Å². The number of hydrogen-bond donors (Lipinski definition) is 1. The van der Waals surface area contributed by atoms with Gasteiger partial charge in [0.1, 0.15) is 17.8 Å². The minimum Gasteiger partial charge on any atom is -0.382 e. The number of benzene rings is 1. The molecule has 1 fully saturated rings. The van der Waals surface area contributed by atoms with E-state index in [2.05, 4.69) is 0 Å². The number of ketones is 1. The van der Waals surface area contributed by atoms with Crippen LogP contribution in [0.2, 0.25) is 0 Å². The van der Waals surface area contributed by atoms with E-state index in [0.717, 1.165) is 5.56 Å². The van der Waals surface area contributed by atoms with Gasteiger partial charge < -0.3 is 9.84 Å². The summed E-state index contributed by atoms with van der Waals surface area (Å²) in [6, 6.07) is 9.77. The summed E-state index contributed by atoms with van der Waals surface area (Å²) in [5.74, 6) is -0.130. The Kier molecular flexibility index (Phi) is 2.38. The van der Waals surface area contributed by atoms with Crippen molar-refractivity contribution in [2.24, 2.45) is 0 Å². The number of hydrogen-bond acceptors (Lipinski definition) is 3. The smallest absolute Gasteiger partial charge is 0.167 e. The van der Waals surface area contributed by atoms with Crippen molar-refractivity contribution < 1.29 is 14.6 Å². The van der Waals surface area contributed by atoms with Gasteiger partial charge in [-0.3, -0.25) is 4.79 Å². The third-order valence-corrected chi connectivity index (χ3v) is 3.54. The van der Waals surface area contributed by atoms with Gasteiger partial charge in [0.05, 0.1) is 0 Å². The lowest BCUT2D eigenvalue weighted by atomic mass is 9.78. The van der Waals surface area contributed by atoms with Crippen molar-refractivity contribution >= 4 is 5.78 Å². The van der Waals surface area contributed by atoms with Crippen molar-refractivity contribution in [2.75, 3.05) is 0 Å². The lowest BCUT2D eigenvalue weighted by Gasteiger charge is -2.44. The Hall–Kier alpha value is -1.45. The monoisotopic (exact) mass is 230 g/mol. The lowest BCUT2D eigenvalue weighted by Crippen LogP contribution is -2.51. The summed E-state index contributed by atoms with van der Waals surface area (Å²) in [6.45, 7) is 0. The molecule has 88 valence electrons. The van der Waals surface area contributed by atoms with Crippen molar-refractivity contribution in [1.82, 2.24) is 0 Å². The number of aliphatic hydroxyl groups excluding tert-OH is 1. The van der Waals surface area contributed by atoms with Gasteiger partial charge in [-0.2, -0.15) is 0 Å². The molecule has 1 aromatic carbocycles. The number of Topliss-reactive ketones (excluding diaryl/α,β-unsaturated/α-hetero) is 1. The maximum Gasteiger partial charge on any atom is 0.167 e. The van der Waals surface area contributed by atoms with Crippen LogP contribution in [0.25, 0.3) is 0 Å². The highest BCUT2D eigenvalue weighted by atomic mass is 16.5. The average molecular weight is 230 g/mol. The fraction of sp³-hybridized carbons (Fsp3) is 0.357. The molecule has 3 atom stereocenters. The second kappa shape index (κ2) is 3.79. The highest BCUT2D eigenvalue weighted by molar-refractivity contribution is 5.86. The molecule has 2 aliphatic rings. The van der Waals surface area contributed by atoms with Crippen molar-refractivity contribution in [1.29, 1.82) is 0 Å². The minimum absolute atomic E-state index is 0.130. The molecule has 2 aliphatic heterocycles. The van der Waals surface area contributed by atoms with E-state index in [9.17, 15) is 9.90 Å². The second-order valence-electron chi connectivity index (χ2n) is 4.66. The quantitative estimate of drug-likeness (QED) is 0.745. The molecule has 3 heteroatoms. The van der Waals surface area contributed by atoms with Gasteiger partial charge in [0.25, 0.3) is 0 Å². The molecule has 3 rings (SSSR count). The minimum atomic E-state index is -1.01. The zero-order chi connectivity index (χ0) is 11.9. The van der Waals surface area contributed by atoms with Crippen LogP contribution in [0.3, 0.4) is 0 Å². The number of rotatable bonds is 1. The van der Waals surface area contributed by atoms with Crippen LogP contribution < -0.4 is 0 Å². The Morgan fingerprint density at radius 1 is 1.29 bits per heavy atom. The molecule has 1 N–H and O–H groups in total. The fourth-order valence-electron chi connectivity index (χ4n) is 2.62. The van der Waals surface area contributed by atoms with Crippen molar-refractivity contribution in [3.8, 4) is 0 Å². The topological polar surface area (TPSA) is 46.5 Å². The van der Waals surface area contributed by atoms with E-state index in [1.807, 2.05) is 36.4 Å². The van der Waals surface area contributed by atoms with Crippen molar-refractivity contribution in [3.05, 3.63) is 48.0 Å². The molecule has 0 unspecified atom stereocenters. The first-order chi connectivity index (χ1) is 8.21. The summed E-state index contributed by atoms with van der Waals surface area (Å²) in [6.07, 6.45) is 3.21. The summed E-state index contributed by atoms with van der Waals surface area (Å²) >= 11 is 0. The Morgan fingerprint density at radius 2 is 2.06 bits per heavy atom. The third kappa shape index (κ3) is 1.63. The van der Waals surface area contributed by atoms with E-state index in [1.54, 1.807) is 6.08 Å². The maximum absolute atomic E-state index is 11.8.